The van der Waals surface area contributed by atoms with E-state index in [0.717, 1.165) is 25.7 Å². The second kappa shape index (κ2) is 9.72. The number of benzene rings is 1. The summed E-state index contributed by atoms with van der Waals surface area (Å²) in [4.78, 5) is 11.9. The van der Waals surface area contributed by atoms with Gasteiger partial charge in [-0.2, -0.15) is 0 Å². The molecule has 20 heavy (non-hydrogen) atoms. The number of unbranched alkanes of at least 4 members (excludes halogenated alkanes) is 2. The molecule has 1 N–H and O–H groups in total. The van der Waals surface area contributed by atoms with Crippen molar-refractivity contribution in [1.29, 1.82) is 0 Å². The lowest BCUT2D eigenvalue weighted by Gasteiger charge is -2.18. The molecular formula is C16H21BrO3. The fourth-order valence-corrected chi connectivity index (χ4v) is 2.28. The third-order valence-electron chi connectivity index (χ3n) is 2.98. The van der Waals surface area contributed by atoms with E-state index in [0.29, 0.717) is 10.9 Å². The summed E-state index contributed by atoms with van der Waals surface area (Å²) < 4.78 is 5.33. The van der Waals surface area contributed by atoms with E-state index in [1.807, 2.05) is 12.1 Å². The summed E-state index contributed by atoms with van der Waals surface area (Å²) in [7, 11) is 0. The van der Waals surface area contributed by atoms with Crippen LogP contribution in [-0.2, 0) is 9.53 Å². The largest absolute Gasteiger partial charge is 0.459 e. The number of allylic oxidation sites excluding steroid dienone is 1. The first-order valence-electron chi connectivity index (χ1n) is 6.79. The molecule has 0 heterocycles. The number of alkyl halides is 1. The lowest BCUT2D eigenvalue weighted by molar-refractivity contribution is -0.158. The van der Waals surface area contributed by atoms with Gasteiger partial charge in [0.25, 0.3) is 0 Å². The van der Waals surface area contributed by atoms with Gasteiger partial charge in [-0.15, -0.1) is 6.58 Å². The number of hydrogen-bond donors (Lipinski definition) is 1. The predicted molar refractivity (Wildman–Crippen MR) is 83.7 cm³/mol. The molecule has 0 saturated heterocycles. The first-order valence-corrected chi connectivity index (χ1v) is 7.91. The minimum Gasteiger partial charge on any atom is -0.459 e. The van der Waals surface area contributed by atoms with Crippen LogP contribution in [0, 0.1) is 0 Å². The summed E-state index contributed by atoms with van der Waals surface area (Å²) >= 11 is 3.34. The topological polar surface area (TPSA) is 46.5 Å². The first kappa shape index (κ1) is 16.9. The zero-order chi connectivity index (χ0) is 14.8. The summed E-state index contributed by atoms with van der Waals surface area (Å²) in [6.45, 7) is 3.67. The van der Waals surface area contributed by atoms with Crippen molar-refractivity contribution in [3.63, 3.8) is 0 Å². The fraction of sp³-hybridized carbons (Fsp3) is 0.438. The molecule has 0 aliphatic heterocycles. The highest BCUT2D eigenvalue weighted by Gasteiger charge is 2.22. The van der Waals surface area contributed by atoms with Crippen LogP contribution >= 0.6 is 15.9 Å². The Bertz CT molecular complexity index is 405. The predicted octanol–water partition coefficient (Wildman–Crippen LogP) is 3.77. The monoisotopic (exact) mass is 340 g/mol. The Morgan fingerprint density at radius 1 is 1.35 bits per heavy atom. The highest BCUT2D eigenvalue weighted by Crippen LogP contribution is 2.17. The molecule has 4 heteroatoms. The van der Waals surface area contributed by atoms with Crippen LogP contribution in [0.3, 0.4) is 0 Å². The standard InChI is InChI=1S/C16H21BrO3/c1-2-3-4-8-11-14(12-17)20-16(19)15(18)13-9-6-5-7-10-13/h2,5-7,9-10,14-15,18H,1,3-4,8,11-12H2/t14-,15+/m1/s1. The van der Waals surface area contributed by atoms with Crippen molar-refractivity contribution in [1.82, 2.24) is 0 Å². The van der Waals surface area contributed by atoms with Crippen molar-refractivity contribution in [3.05, 3.63) is 48.6 Å². The van der Waals surface area contributed by atoms with Gasteiger partial charge in [0.15, 0.2) is 6.10 Å². The zero-order valence-electron chi connectivity index (χ0n) is 11.5. The Kier molecular flexibility index (Phi) is 8.23. The molecule has 2 atom stereocenters. The average molecular weight is 341 g/mol. The Morgan fingerprint density at radius 2 is 2.05 bits per heavy atom. The van der Waals surface area contributed by atoms with E-state index in [9.17, 15) is 9.90 Å². The van der Waals surface area contributed by atoms with Gasteiger partial charge in [0.05, 0.1) is 0 Å². The van der Waals surface area contributed by atoms with Crippen LogP contribution in [0.25, 0.3) is 0 Å². The highest BCUT2D eigenvalue weighted by molar-refractivity contribution is 9.09. The van der Waals surface area contributed by atoms with Gasteiger partial charge in [-0.05, 0) is 31.2 Å². The quantitative estimate of drug-likeness (QED) is 0.322. The third-order valence-corrected chi connectivity index (χ3v) is 3.70. The van der Waals surface area contributed by atoms with E-state index >= 15 is 0 Å². The lowest BCUT2D eigenvalue weighted by atomic mass is 10.1. The molecule has 110 valence electrons. The van der Waals surface area contributed by atoms with Crippen molar-refractivity contribution in [2.24, 2.45) is 0 Å². The zero-order valence-corrected chi connectivity index (χ0v) is 13.1. The summed E-state index contributed by atoms with van der Waals surface area (Å²) in [6, 6.07) is 8.81. The van der Waals surface area contributed by atoms with E-state index in [4.69, 9.17) is 4.74 Å². The average Bonchev–Trinajstić information content (AvgIpc) is 2.50. The van der Waals surface area contributed by atoms with Crippen LogP contribution in [0.1, 0.15) is 37.4 Å². The molecule has 0 fully saturated rings. The smallest absolute Gasteiger partial charge is 0.339 e. The molecule has 0 amide bonds. The van der Waals surface area contributed by atoms with E-state index in [2.05, 4.69) is 22.5 Å². The van der Waals surface area contributed by atoms with E-state index in [1.54, 1.807) is 24.3 Å². The SMILES string of the molecule is C=CCCCC[C@H](CBr)OC(=O)[C@@H](O)c1ccccc1. The molecular weight excluding hydrogens is 320 g/mol. The molecule has 0 aliphatic carbocycles. The van der Waals surface area contributed by atoms with Crippen molar-refractivity contribution < 1.29 is 14.6 Å². The van der Waals surface area contributed by atoms with Crippen LogP contribution in [0.4, 0.5) is 0 Å². The van der Waals surface area contributed by atoms with Crippen LogP contribution in [0.5, 0.6) is 0 Å². The second-order valence-corrected chi connectivity index (χ2v) is 5.25. The molecule has 3 nitrogen and oxygen atoms in total. The van der Waals surface area contributed by atoms with Gasteiger partial charge in [-0.1, -0.05) is 52.3 Å². The van der Waals surface area contributed by atoms with Crippen LogP contribution in [0.15, 0.2) is 43.0 Å². The minimum atomic E-state index is -1.22. The summed E-state index contributed by atoms with van der Waals surface area (Å²) in [6.07, 6.45) is 4.22. The number of ether oxygens (including phenoxy) is 1. The van der Waals surface area contributed by atoms with Gasteiger partial charge in [-0.25, -0.2) is 4.79 Å². The summed E-state index contributed by atoms with van der Waals surface area (Å²) in [5.74, 6) is -0.593. The fourth-order valence-electron chi connectivity index (χ4n) is 1.83. The lowest BCUT2D eigenvalue weighted by Crippen LogP contribution is -2.24. The van der Waals surface area contributed by atoms with E-state index in [-0.39, 0.29) is 6.10 Å². The maximum Gasteiger partial charge on any atom is 0.339 e. The number of carbonyl (C=O) groups is 1. The molecule has 1 aromatic carbocycles. The van der Waals surface area contributed by atoms with Gasteiger partial charge in [0.1, 0.15) is 6.10 Å². The number of aliphatic hydroxyl groups excluding tert-OH is 1. The molecule has 0 radical (unpaired) electrons. The number of esters is 1. The first-order chi connectivity index (χ1) is 9.69. The highest BCUT2D eigenvalue weighted by atomic mass is 79.9. The van der Waals surface area contributed by atoms with Crippen molar-refractivity contribution in [2.75, 3.05) is 5.33 Å². The molecule has 0 aromatic heterocycles. The van der Waals surface area contributed by atoms with Crippen molar-refractivity contribution in [3.8, 4) is 0 Å². The van der Waals surface area contributed by atoms with Crippen LogP contribution < -0.4 is 0 Å². The Balaban J connectivity index is 2.44. The molecule has 0 saturated carbocycles. The molecule has 0 spiro atoms. The molecule has 0 unspecified atom stereocenters. The number of halogens is 1. The third kappa shape index (κ3) is 5.88. The van der Waals surface area contributed by atoms with Gasteiger partial charge >= 0.3 is 5.97 Å². The van der Waals surface area contributed by atoms with Gasteiger partial charge < -0.3 is 9.84 Å². The van der Waals surface area contributed by atoms with E-state index < -0.39 is 12.1 Å². The van der Waals surface area contributed by atoms with Gasteiger partial charge in [-0.3, -0.25) is 0 Å². The molecule has 1 aromatic rings. The van der Waals surface area contributed by atoms with Crippen molar-refractivity contribution >= 4 is 21.9 Å². The maximum absolute atomic E-state index is 11.9. The van der Waals surface area contributed by atoms with Crippen LogP contribution in [-0.4, -0.2) is 22.5 Å². The number of hydrogen-bond acceptors (Lipinski definition) is 3. The van der Waals surface area contributed by atoms with Gasteiger partial charge in [0, 0.05) is 5.33 Å². The summed E-state index contributed by atoms with van der Waals surface area (Å²) in [5.41, 5.74) is 0.553. The maximum atomic E-state index is 11.9. The Labute approximate surface area is 128 Å². The van der Waals surface area contributed by atoms with Gasteiger partial charge in [0.2, 0.25) is 0 Å². The van der Waals surface area contributed by atoms with Crippen molar-refractivity contribution in [2.45, 2.75) is 37.9 Å². The molecule has 0 aliphatic rings. The summed E-state index contributed by atoms with van der Waals surface area (Å²) in [5, 5.41) is 10.5. The van der Waals surface area contributed by atoms with Crippen LogP contribution in [0.2, 0.25) is 0 Å². The molecule has 1 rings (SSSR count). The Morgan fingerprint density at radius 3 is 2.65 bits per heavy atom. The van der Waals surface area contributed by atoms with E-state index in [1.165, 1.54) is 0 Å². The second-order valence-electron chi connectivity index (χ2n) is 4.60. The number of rotatable bonds is 9. The minimum absolute atomic E-state index is 0.203. The number of carbonyl (C=O) groups excluding carboxylic acids is 1. The Hall–Kier alpha value is -1.13. The molecule has 0 bridgehead atoms. The number of aliphatic hydroxyl groups is 1. The normalized spacial score (nSPS) is 13.5.